The van der Waals surface area contributed by atoms with Crippen molar-refractivity contribution in [2.45, 2.75) is 33.2 Å². The van der Waals surface area contributed by atoms with Gasteiger partial charge >= 0.3 is 0 Å². The fourth-order valence-corrected chi connectivity index (χ4v) is 1.31. The highest BCUT2D eigenvalue weighted by Crippen LogP contribution is 2.09. The van der Waals surface area contributed by atoms with Crippen LogP contribution in [0.5, 0.6) is 5.88 Å². The molecule has 1 heterocycles. The molecule has 0 fully saturated rings. The molecule has 0 saturated heterocycles. The second-order valence-corrected chi connectivity index (χ2v) is 4.21. The molecule has 7 heteroatoms. The van der Waals surface area contributed by atoms with Crippen LogP contribution >= 0.6 is 0 Å². The Morgan fingerprint density at radius 2 is 2.28 bits per heavy atom. The van der Waals surface area contributed by atoms with Gasteiger partial charge in [-0.05, 0) is 18.0 Å². The summed E-state index contributed by atoms with van der Waals surface area (Å²) in [5, 5.41) is 9.85. The molecule has 0 aliphatic heterocycles. The van der Waals surface area contributed by atoms with Crippen molar-refractivity contribution in [1.82, 2.24) is 15.6 Å². The lowest BCUT2D eigenvalue weighted by molar-refractivity contribution is -0.123. The van der Waals surface area contributed by atoms with E-state index in [1.807, 2.05) is 13.8 Å². The van der Waals surface area contributed by atoms with Crippen molar-refractivity contribution < 1.29 is 14.2 Å². The van der Waals surface area contributed by atoms with E-state index in [4.69, 9.17) is 10.5 Å². The summed E-state index contributed by atoms with van der Waals surface area (Å²) in [5.41, 5.74) is 6.36. The predicted molar refractivity (Wildman–Crippen MR) is 65.0 cm³/mol. The minimum Gasteiger partial charge on any atom is -0.472 e. The molecular formula is C11H20N4O3. The van der Waals surface area contributed by atoms with Crippen LogP contribution in [-0.2, 0) is 4.79 Å². The zero-order valence-electron chi connectivity index (χ0n) is 11.0. The van der Waals surface area contributed by atoms with Gasteiger partial charge in [0, 0.05) is 0 Å². The number of nitrogens with two attached hydrogens (primary N) is 1. The van der Waals surface area contributed by atoms with Gasteiger partial charge in [-0.15, -0.1) is 0 Å². The van der Waals surface area contributed by atoms with Crippen LogP contribution in [0.3, 0.4) is 0 Å². The minimum atomic E-state index is -0.481. The van der Waals surface area contributed by atoms with Gasteiger partial charge in [0.1, 0.15) is 12.3 Å². The molecule has 0 bridgehead atoms. The molecule has 1 aromatic rings. The second kappa shape index (κ2) is 6.95. The summed E-state index contributed by atoms with van der Waals surface area (Å²) in [6, 6.07) is -0.481. The Kier molecular flexibility index (Phi) is 5.57. The second-order valence-electron chi connectivity index (χ2n) is 4.21. The first-order valence-electron chi connectivity index (χ1n) is 6.01. The van der Waals surface area contributed by atoms with E-state index < -0.39 is 6.04 Å². The number of nitrogens with zero attached hydrogens (tertiary/aromatic N) is 2. The monoisotopic (exact) mass is 256 g/mol. The van der Waals surface area contributed by atoms with Crippen LogP contribution in [0.15, 0.2) is 4.63 Å². The third-order valence-corrected chi connectivity index (χ3v) is 2.81. The van der Waals surface area contributed by atoms with Gasteiger partial charge in [-0.1, -0.05) is 25.4 Å². The molecule has 0 spiro atoms. The Morgan fingerprint density at radius 3 is 2.83 bits per heavy atom. The van der Waals surface area contributed by atoms with Crippen LogP contribution in [0.4, 0.5) is 0 Å². The van der Waals surface area contributed by atoms with Gasteiger partial charge in [0.15, 0.2) is 0 Å². The van der Waals surface area contributed by atoms with E-state index in [0.29, 0.717) is 24.7 Å². The Balaban J connectivity index is 2.22. The Hall–Kier alpha value is -1.63. The van der Waals surface area contributed by atoms with E-state index in [9.17, 15) is 4.79 Å². The molecule has 102 valence electrons. The lowest BCUT2D eigenvalue weighted by Gasteiger charge is -2.17. The van der Waals surface area contributed by atoms with Crippen molar-refractivity contribution in [3.63, 3.8) is 0 Å². The Bertz CT molecular complexity index is 380. The third-order valence-electron chi connectivity index (χ3n) is 2.81. The van der Waals surface area contributed by atoms with E-state index in [2.05, 4.69) is 20.3 Å². The van der Waals surface area contributed by atoms with Gasteiger partial charge in [0.25, 0.3) is 5.88 Å². The zero-order valence-corrected chi connectivity index (χ0v) is 11.0. The van der Waals surface area contributed by atoms with Gasteiger partial charge in [-0.2, -0.15) is 0 Å². The molecule has 7 nitrogen and oxygen atoms in total. The van der Waals surface area contributed by atoms with Crippen LogP contribution in [-0.4, -0.2) is 35.4 Å². The molecule has 0 unspecified atom stereocenters. The van der Waals surface area contributed by atoms with E-state index in [-0.39, 0.29) is 11.8 Å². The topological polar surface area (TPSA) is 103 Å². The number of nitrogens with one attached hydrogen (secondary N) is 1. The molecule has 0 saturated carbocycles. The normalized spacial score (nSPS) is 14.0. The van der Waals surface area contributed by atoms with E-state index in [1.165, 1.54) is 0 Å². The number of hydrogen-bond donors (Lipinski definition) is 2. The number of rotatable bonds is 7. The van der Waals surface area contributed by atoms with Crippen molar-refractivity contribution in [3.05, 3.63) is 5.69 Å². The smallest absolute Gasteiger partial charge is 0.278 e. The molecule has 0 aliphatic rings. The average molecular weight is 256 g/mol. The summed E-state index contributed by atoms with van der Waals surface area (Å²) in [4.78, 5) is 11.6. The molecule has 1 amide bonds. The lowest BCUT2D eigenvalue weighted by atomic mass is 9.99. The first-order valence-corrected chi connectivity index (χ1v) is 6.01. The standard InChI is InChI=1S/C11H20N4O3/c1-4-7(2)9(12)10(16)13-5-6-17-11-8(3)14-18-15-11/h7,9H,4-6,12H2,1-3H3,(H,13,16)/t7-,9-/m0/s1. The summed E-state index contributed by atoms with van der Waals surface area (Å²) >= 11 is 0. The summed E-state index contributed by atoms with van der Waals surface area (Å²) in [6.07, 6.45) is 0.870. The first kappa shape index (κ1) is 14.4. The van der Waals surface area contributed by atoms with Crippen LogP contribution < -0.4 is 15.8 Å². The van der Waals surface area contributed by atoms with Gasteiger partial charge < -0.3 is 15.8 Å². The highest BCUT2D eigenvalue weighted by atomic mass is 16.6. The molecule has 18 heavy (non-hydrogen) atoms. The highest BCUT2D eigenvalue weighted by molar-refractivity contribution is 5.81. The number of aromatic nitrogens is 2. The number of ether oxygens (including phenoxy) is 1. The maximum absolute atomic E-state index is 11.6. The number of aryl methyl sites for hydroxylation is 1. The van der Waals surface area contributed by atoms with E-state index in [0.717, 1.165) is 6.42 Å². The molecule has 0 radical (unpaired) electrons. The maximum Gasteiger partial charge on any atom is 0.278 e. The van der Waals surface area contributed by atoms with Crippen LogP contribution in [0.1, 0.15) is 26.0 Å². The molecular weight excluding hydrogens is 236 g/mol. The molecule has 1 rings (SSSR count). The molecule has 0 aromatic carbocycles. The minimum absolute atomic E-state index is 0.160. The predicted octanol–water partition coefficient (Wildman–Crippen LogP) is 0.246. The fraction of sp³-hybridized carbons (Fsp3) is 0.727. The van der Waals surface area contributed by atoms with E-state index >= 15 is 0 Å². The number of hydrogen-bond acceptors (Lipinski definition) is 6. The van der Waals surface area contributed by atoms with Gasteiger partial charge in [-0.25, -0.2) is 4.63 Å². The van der Waals surface area contributed by atoms with Crippen molar-refractivity contribution in [1.29, 1.82) is 0 Å². The number of carbonyl (C=O) groups excluding carboxylic acids is 1. The fourth-order valence-electron chi connectivity index (χ4n) is 1.31. The largest absolute Gasteiger partial charge is 0.472 e. The van der Waals surface area contributed by atoms with Crippen molar-refractivity contribution in [2.75, 3.05) is 13.2 Å². The van der Waals surface area contributed by atoms with Crippen LogP contribution in [0.25, 0.3) is 0 Å². The van der Waals surface area contributed by atoms with E-state index in [1.54, 1.807) is 6.92 Å². The maximum atomic E-state index is 11.6. The highest BCUT2D eigenvalue weighted by Gasteiger charge is 2.18. The zero-order chi connectivity index (χ0) is 13.5. The number of carbonyl (C=O) groups is 1. The number of amides is 1. The average Bonchev–Trinajstić information content (AvgIpc) is 2.78. The summed E-state index contributed by atoms with van der Waals surface area (Å²) in [6.45, 7) is 6.35. The van der Waals surface area contributed by atoms with Gasteiger partial charge in [0.2, 0.25) is 5.91 Å². The first-order chi connectivity index (χ1) is 8.56. The molecule has 3 N–H and O–H groups in total. The van der Waals surface area contributed by atoms with Gasteiger partial charge in [-0.3, -0.25) is 4.79 Å². The Labute approximate surface area is 106 Å². The third kappa shape index (κ3) is 3.99. The Morgan fingerprint density at radius 1 is 1.56 bits per heavy atom. The lowest BCUT2D eigenvalue weighted by Crippen LogP contribution is -2.45. The van der Waals surface area contributed by atoms with Crippen molar-refractivity contribution in [3.8, 4) is 5.88 Å². The van der Waals surface area contributed by atoms with Crippen LogP contribution in [0.2, 0.25) is 0 Å². The van der Waals surface area contributed by atoms with Crippen molar-refractivity contribution >= 4 is 5.91 Å². The van der Waals surface area contributed by atoms with Crippen molar-refractivity contribution in [2.24, 2.45) is 11.7 Å². The molecule has 2 atom stereocenters. The summed E-state index contributed by atoms with van der Waals surface area (Å²) in [5.74, 6) is 0.339. The quantitative estimate of drug-likeness (QED) is 0.678. The van der Waals surface area contributed by atoms with Crippen LogP contribution in [0, 0.1) is 12.8 Å². The summed E-state index contributed by atoms with van der Waals surface area (Å²) in [7, 11) is 0. The van der Waals surface area contributed by atoms with Gasteiger partial charge in [0.05, 0.1) is 12.6 Å². The SMILES string of the molecule is CC[C@H](C)[C@H](N)C(=O)NCCOc1nonc1C. The summed E-state index contributed by atoms with van der Waals surface area (Å²) < 4.78 is 9.75. The molecule has 0 aliphatic carbocycles. The molecule has 1 aromatic heterocycles.